The molecule has 3 heterocycles. The highest BCUT2D eigenvalue weighted by Gasteiger charge is 2.32. The first-order chi connectivity index (χ1) is 16.7. The highest BCUT2D eigenvalue weighted by Crippen LogP contribution is 2.35. The molecule has 11 heteroatoms. The van der Waals surface area contributed by atoms with Crippen molar-refractivity contribution in [2.75, 3.05) is 23.8 Å². The zero-order valence-corrected chi connectivity index (χ0v) is 19.7. The van der Waals surface area contributed by atoms with Crippen LogP contribution in [0.5, 0.6) is 0 Å². The van der Waals surface area contributed by atoms with Crippen molar-refractivity contribution >= 4 is 28.7 Å². The predicted molar refractivity (Wildman–Crippen MR) is 125 cm³/mol. The third kappa shape index (κ3) is 4.92. The summed E-state index contributed by atoms with van der Waals surface area (Å²) in [5.74, 6) is -2.24. The van der Waals surface area contributed by atoms with Crippen LogP contribution in [0, 0.1) is 23.4 Å². The van der Waals surface area contributed by atoms with Crippen LogP contribution >= 0.6 is 0 Å². The number of hydrogen-bond donors (Lipinski definition) is 3. The number of aliphatic hydroxyl groups is 1. The average Bonchev–Trinajstić information content (AvgIpc) is 3.43. The molecule has 0 amide bonds. The van der Waals surface area contributed by atoms with Crippen LogP contribution in [-0.4, -0.2) is 49.5 Å². The Bertz CT molecular complexity index is 1190. The monoisotopic (exact) mass is 490 g/mol. The lowest BCUT2D eigenvalue weighted by Gasteiger charge is -2.36. The van der Waals surface area contributed by atoms with E-state index in [0.717, 1.165) is 25.7 Å². The van der Waals surface area contributed by atoms with Crippen molar-refractivity contribution in [2.24, 2.45) is 5.92 Å². The molecular weight excluding hydrogens is 461 g/mol. The predicted octanol–water partition coefficient (Wildman–Crippen LogP) is 4.69. The summed E-state index contributed by atoms with van der Waals surface area (Å²) in [4.78, 5) is 13.6. The van der Waals surface area contributed by atoms with Gasteiger partial charge < -0.3 is 20.5 Å². The minimum atomic E-state index is -1.06. The summed E-state index contributed by atoms with van der Waals surface area (Å²) in [5, 5.41) is 16.4. The molecule has 0 unspecified atom stereocenters. The van der Waals surface area contributed by atoms with Gasteiger partial charge in [0.05, 0.1) is 24.4 Å². The Labute approximate surface area is 200 Å². The number of fused-ring (bicyclic) bond motifs is 1. The summed E-state index contributed by atoms with van der Waals surface area (Å²) < 4.78 is 49.3. The first-order valence-corrected chi connectivity index (χ1v) is 11.9. The van der Waals surface area contributed by atoms with Gasteiger partial charge in [-0.25, -0.2) is 23.1 Å². The van der Waals surface area contributed by atoms with Gasteiger partial charge in [0.25, 0.3) is 0 Å². The van der Waals surface area contributed by atoms with Gasteiger partial charge in [-0.3, -0.25) is 4.57 Å². The molecule has 0 bridgehead atoms. The van der Waals surface area contributed by atoms with Gasteiger partial charge in [0.1, 0.15) is 17.0 Å². The third-order valence-corrected chi connectivity index (χ3v) is 7.01. The molecule has 188 valence electrons. The van der Waals surface area contributed by atoms with Crippen LogP contribution in [0.3, 0.4) is 0 Å². The number of nitrogens with zero attached hydrogens (tertiary/aromatic N) is 4. The first-order valence-electron chi connectivity index (χ1n) is 11.9. The number of rotatable bonds is 6. The van der Waals surface area contributed by atoms with Crippen molar-refractivity contribution < 1.29 is 23.0 Å². The zero-order valence-electron chi connectivity index (χ0n) is 19.7. The number of benzene rings is 1. The Morgan fingerprint density at radius 2 is 1.77 bits per heavy atom. The summed E-state index contributed by atoms with van der Waals surface area (Å²) >= 11 is 0. The molecule has 0 radical (unpaired) electrons. The van der Waals surface area contributed by atoms with E-state index in [0.29, 0.717) is 48.9 Å². The molecule has 3 N–H and O–H groups in total. The van der Waals surface area contributed by atoms with E-state index in [-0.39, 0.29) is 23.9 Å². The quantitative estimate of drug-likeness (QED) is 0.461. The Kier molecular flexibility index (Phi) is 6.30. The van der Waals surface area contributed by atoms with Crippen LogP contribution in [0.1, 0.15) is 52.0 Å². The second-order valence-corrected chi connectivity index (χ2v) is 9.94. The Morgan fingerprint density at radius 3 is 2.40 bits per heavy atom. The van der Waals surface area contributed by atoms with Crippen molar-refractivity contribution in [3.05, 3.63) is 35.8 Å². The lowest BCUT2D eigenvalue weighted by molar-refractivity contribution is -0.000415. The van der Waals surface area contributed by atoms with E-state index in [9.17, 15) is 18.3 Å². The standard InChI is InChI=1S/C24H29F3N6O2/c1-24(2,34)13-3-5-15(6-4-13)29-22-28-11-19-21(32-22)33(16-7-8-35-12-16)23(30-19)31-20-17(26)9-14(25)10-18(20)27/h9-11,13,15-16,34H,3-8,12H2,1-2H3,(H,30,31)(H,28,29,32)/t13?,15?,16-/m0/s1. The highest BCUT2D eigenvalue weighted by atomic mass is 19.1. The largest absolute Gasteiger partial charge is 0.390 e. The summed E-state index contributed by atoms with van der Waals surface area (Å²) in [6.45, 7) is 4.66. The molecule has 1 saturated heterocycles. The van der Waals surface area contributed by atoms with E-state index in [2.05, 4.69) is 25.6 Å². The number of hydrogen-bond acceptors (Lipinski definition) is 7. The maximum absolute atomic E-state index is 14.3. The molecule has 1 aromatic carbocycles. The zero-order chi connectivity index (χ0) is 24.7. The minimum absolute atomic E-state index is 0.140. The average molecular weight is 491 g/mol. The van der Waals surface area contributed by atoms with Crippen molar-refractivity contribution in [2.45, 2.75) is 63.6 Å². The van der Waals surface area contributed by atoms with Gasteiger partial charge in [0.2, 0.25) is 11.9 Å². The fourth-order valence-electron chi connectivity index (χ4n) is 5.02. The van der Waals surface area contributed by atoms with Gasteiger partial charge >= 0.3 is 0 Å². The fraction of sp³-hybridized carbons (Fsp3) is 0.542. The first kappa shape index (κ1) is 23.8. The number of nitrogens with one attached hydrogen (secondary N) is 2. The van der Waals surface area contributed by atoms with Gasteiger partial charge in [-0.05, 0) is 51.9 Å². The van der Waals surface area contributed by atoms with Crippen LogP contribution < -0.4 is 10.6 Å². The molecule has 1 aliphatic heterocycles. The van der Waals surface area contributed by atoms with Crippen LogP contribution in [0.2, 0.25) is 0 Å². The summed E-state index contributed by atoms with van der Waals surface area (Å²) in [5.41, 5.74) is -0.215. The van der Waals surface area contributed by atoms with Crippen LogP contribution in [0.4, 0.5) is 30.8 Å². The van der Waals surface area contributed by atoms with E-state index in [1.165, 1.54) is 0 Å². The van der Waals surface area contributed by atoms with Crippen LogP contribution in [0.25, 0.3) is 11.2 Å². The topological polar surface area (TPSA) is 97.1 Å². The molecule has 2 aliphatic rings. The Hall–Kier alpha value is -2.92. The van der Waals surface area contributed by atoms with Gasteiger partial charge in [-0.2, -0.15) is 4.98 Å². The molecule has 35 heavy (non-hydrogen) atoms. The molecule has 0 spiro atoms. The van der Waals surface area contributed by atoms with E-state index in [4.69, 9.17) is 4.74 Å². The summed E-state index contributed by atoms with van der Waals surface area (Å²) in [6, 6.07) is 1.27. The fourth-order valence-corrected chi connectivity index (χ4v) is 5.02. The van der Waals surface area contributed by atoms with Crippen LogP contribution in [0.15, 0.2) is 18.3 Å². The SMILES string of the molecule is CC(C)(O)C1CCC(Nc2ncc3nc(Nc4c(F)cc(F)cc4F)n([C@H]4CCOC4)c3n2)CC1. The van der Waals surface area contributed by atoms with Gasteiger partial charge in [0, 0.05) is 24.8 Å². The number of anilines is 3. The van der Waals surface area contributed by atoms with E-state index >= 15 is 0 Å². The molecular formula is C24H29F3N6O2. The number of halogens is 3. The second kappa shape index (κ2) is 9.27. The minimum Gasteiger partial charge on any atom is -0.390 e. The van der Waals surface area contributed by atoms with Gasteiger partial charge in [0.15, 0.2) is 17.3 Å². The van der Waals surface area contributed by atoms with E-state index in [1.54, 1.807) is 10.8 Å². The smallest absolute Gasteiger partial charge is 0.224 e. The van der Waals surface area contributed by atoms with Crippen molar-refractivity contribution in [3.63, 3.8) is 0 Å². The molecule has 1 aliphatic carbocycles. The molecule has 5 rings (SSSR count). The van der Waals surface area contributed by atoms with E-state index in [1.807, 2.05) is 13.8 Å². The van der Waals surface area contributed by atoms with Crippen molar-refractivity contribution in [3.8, 4) is 0 Å². The van der Waals surface area contributed by atoms with Gasteiger partial charge in [-0.1, -0.05) is 0 Å². The summed E-state index contributed by atoms with van der Waals surface area (Å²) in [6.07, 6.45) is 5.85. The van der Waals surface area contributed by atoms with Crippen molar-refractivity contribution in [1.29, 1.82) is 0 Å². The van der Waals surface area contributed by atoms with Crippen LogP contribution in [-0.2, 0) is 4.74 Å². The lowest BCUT2D eigenvalue weighted by atomic mass is 9.77. The third-order valence-electron chi connectivity index (χ3n) is 7.01. The number of aromatic nitrogens is 4. The van der Waals surface area contributed by atoms with E-state index < -0.39 is 28.7 Å². The molecule has 2 aromatic heterocycles. The number of ether oxygens (including phenoxy) is 1. The maximum Gasteiger partial charge on any atom is 0.224 e. The lowest BCUT2D eigenvalue weighted by Crippen LogP contribution is -2.37. The Morgan fingerprint density at radius 1 is 1.06 bits per heavy atom. The molecule has 1 saturated carbocycles. The molecule has 8 nitrogen and oxygen atoms in total. The molecule has 2 fully saturated rings. The second-order valence-electron chi connectivity index (χ2n) is 9.94. The van der Waals surface area contributed by atoms with Crippen molar-refractivity contribution in [1.82, 2.24) is 19.5 Å². The normalized spacial score (nSPS) is 23.1. The summed E-state index contributed by atoms with van der Waals surface area (Å²) in [7, 11) is 0. The number of imidazole rings is 1. The molecule has 3 aromatic rings. The highest BCUT2D eigenvalue weighted by molar-refractivity contribution is 5.76. The van der Waals surface area contributed by atoms with Gasteiger partial charge in [-0.15, -0.1) is 0 Å². The molecule has 1 atom stereocenters. The Balaban J connectivity index is 1.44. The maximum atomic E-state index is 14.3.